The molecule has 0 aliphatic heterocycles. The SMILES string of the molecule is CCCCNc1cc(O)c2c(C)ccc3c4c(NCCCC)cc(C(=O)NC)c5c(C(C)O)ccc(c1c23)c54. The largest absolute Gasteiger partial charge is 0.507 e. The van der Waals surface area contributed by atoms with Crippen molar-refractivity contribution in [3.05, 3.63) is 53.1 Å². The molecule has 1 unspecified atom stereocenters. The molecule has 0 radical (unpaired) electrons. The van der Waals surface area contributed by atoms with E-state index in [0.29, 0.717) is 5.56 Å². The number of carbonyl (C=O) groups is 1. The van der Waals surface area contributed by atoms with Crippen LogP contribution in [0.5, 0.6) is 5.75 Å². The van der Waals surface area contributed by atoms with Gasteiger partial charge >= 0.3 is 0 Å². The molecule has 204 valence electrons. The van der Waals surface area contributed by atoms with Gasteiger partial charge in [0.05, 0.1) is 6.10 Å². The summed E-state index contributed by atoms with van der Waals surface area (Å²) < 4.78 is 0. The van der Waals surface area contributed by atoms with Crippen molar-refractivity contribution in [2.75, 3.05) is 30.8 Å². The molecule has 0 saturated carbocycles. The number of rotatable bonds is 10. The lowest BCUT2D eigenvalue weighted by Gasteiger charge is -2.24. The van der Waals surface area contributed by atoms with Gasteiger partial charge in [-0.25, -0.2) is 0 Å². The average molecular weight is 526 g/mol. The van der Waals surface area contributed by atoms with Gasteiger partial charge in [-0.1, -0.05) is 51.0 Å². The third-order valence-electron chi connectivity index (χ3n) is 7.94. The summed E-state index contributed by atoms with van der Waals surface area (Å²) in [6.07, 6.45) is 3.37. The third kappa shape index (κ3) is 4.37. The fourth-order valence-electron chi connectivity index (χ4n) is 6.02. The minimum absolute atomic E-state index is 0.189. The quantitative estimate of drug-likeness (QED) is 0.0736. The molecule has 0 bridgehead atoms. The van der Waals surface area contributed by atoms with Crippen molar-refractivity contribution in [3.63, 3.8) is 0 Å². The number of aromatic hydroxyl groups is 1. The lowest BCUT2D eigenvalue weighted by Crippen LogP contribution is -2.19. The second kappa shape index (κ2) is 10.8. The third-order valence-corrected chi connectivity index (χ3v) is 7.94. The number of phenols is 1. The van der Waals surface area contributed by atoms with Crippen LogP contribution in [-0.4, -0.2) is 36.3 Å². The molecule has 5 rings (SSSR count). The topological polar surface area (TPSA) is 93.6 Å². The highest BCUT2D eigenvalue weighted by Gasteiger charge is 2.26. The Kier molecular flexibility index (Phi) is 7.41. The van der Waals surface area contributed by atoms with Crippen LogP contribution in [0.2, 0.25) is 0 Å². The van der Waals surface area contributed by atoms with E-state index in [0.717, 1.165) is 104 Å². The number of phenolic OH excluding ortho intramolecular Hbond substituents is 1. The van der Waals surface area contributed by atoms with Crippen LogP contribution in [0.1, 0.15) is 74.0 Å². The first-order valence-corrected chi connectivity index (χ1v) is 14.1. The Labute approximate surface area is 229 Å². The summed E-state index contributed by atoms with van der Waals surface area (Å²) in [6.45, 7) is 9.66. The van der Waals surface area contributed by atoms with Crippen LogP contribution in [0.25, 0.3) is 43.1 Å². The lowest BCUT2D eigenvalue weighted by molar-refractivity contribution is 0.0964. The van der Waals surface area contributed by atoms with Crippen LogP contribution in [0.4, 0.5) is 11.4 Å². The Balaban J connectivity index is 2.06. The molecule has 1 atom stereocenters. The minimum Gasteiger partial charge on any atom is -0.507 e. The molecule has 5 aromatic carbocycles. The molecule has 6 nitrogen and oxygen atoms in total. The van der Waals surface area contributed by atoms with E-state index in [1.807, 2.05) is 25.1 Å². The number of aryl methyl sites for hydroxylation is 1. The summed E-state index contributed by atoms with van der Waals surface area (Å²) in [5.74, 6) is 0.0702. The lowest BCUT2D eigenvalue weighted by atomic mass is 9.83. The van der Waals surface area contributed by atoms with Gasteiger partial charge in [0, 0.05) is 75.5 Å². The summed E-state index contributed by atoms with van der Waals surface area (Å²) in [7, 11) is 1.64. The number of benzene rings is 5. The summed E-state index contributed by atoms with van der Waals surface area (Å²) in [5.41, 5.74) is 4.04. The van der Waals surface area contributed by atoms with Gasteiger partial charge in [0.15, 0.2) is 0 Å². The zero-order valence-electron chi connectivity index (χ0n) is 23.6. The van der Waals surface area contributed by atoms with Crippen molar-refractivity contribution >= 4 is 60.4 Å². The van der Waals surface area contributed by atoms with E-state index in [2.05, 4.69) is 48.0 Å². The Morgan fingerprint density at radius 2 is 1.38 bits per heavy atom. The smallest absolute Gasteiger partial charge is 0.251 e. The van der Waals surface area contributed by atoms with Crippen LogP contribution in [0.15, 0.2) is 36.4 Å². The molecule has 0 heterocycles. The van der Waals surface area contributed by atoms with Gasteiger partial charge in [0.2, 0.25) is 0 Å². The van der Waals surface area contributed by atoms with E-state index in [-0.39, 0.29) is 11.7 Å². The van der Waals surface area contributed by atoms with Crippen molar-refractivity contribution < 1.29 is 15.0 Å². The summed E-state index contributed by atoms with van der Waals surface area (Å²) in [5, 5.41) is 39.8. The highest BCUT2D eigenvalue weighted by atomic mass is 16.3. The number of aliphatic hydroxyl groups excluding tert-OH is 1. The van der Waals surface area contributed by atoms with Crippen molar-refractivity contribution in [1.82, 2.24) is 5.32 Å². The molecule has 0 fully saturated rings. The molecule has 0 saturated heterocycles. The zero-order valence-corrected chi connectivity index (χ0v) is 23.6. The van der Waals surface area contributed by atoms with Crippen molar-refractivity contribution in [3.8, 4) is 5.75 Å². The number of anilines is 2. The van der Waals surface area contributed by atoms with Crippen molar-refractivity contribution in [2.45, 2.75) is 59.5 Å². The van der Waals surface area contributed by atoms with E-state index >= 15 is 0 Å². The molecule has 0 aliphatic rings. The summed E-state index contributed by atoms with van der Waals surface area (Å²) >= 11 is 0. The highest BCUT2D eigenvalue weighted by molar-refractivity contribution is 6.39. The summed E-state index contributed by atoms with van der Waals surface area (Å²) in [6, 6.07) is 12.0. The number of fused-ring (bicyclic) bond motifs is 2. The second-order valence-electron chi connectivity index (χ2n) is 10.6. The maximum Gasteiger partial charge on any atom is 0.251 e. The highest BCUT2D eigenvalue weighted by Crippen LogP contribution is 2.50. The first kappa shape index (κ1) is 26.8. The molecule has 6 heteroatoms. The van der Waals surface area contributed by atoms with E-state index in [4.69, 9.17) is 0 Å². The van der Waals surface area contributed by atoms with Gasteiger partial charge < -0.3 is 26.2 Å². The van der Waals surface area contributed by atoms with Gasteiger partial charge in [-0.05, 0) is 54.7 Å². The molecule has 39 heavy (non-hydrogen) atoms. The molecule has 5 N–H and O–H groups in total. The summed E-state index contributed by atoms with van der Waals surface area (Å²) in [4.78, 5) is 13.3. The van der Waals surface area contributed by atoms with Gasteiger partial charge in [-0.2, -0.15) is 0 Å². The normalized spacial score (nSPS) is 12.6. The van der Waals surface area contributed by atoms with Gasteiger partial charge in [0.1, 0.15) is 5.75 Å². The Morgan fingerprint density at radius 3 is 1.95 bits per heavy atom. The Bertz CT molecular complexity index is 1690. The van der Waals surface area contributed by atoms with E-state index in [1.165, 1.54) is 0 Å². The van der Waals surface area contributed by atoms with E-state index in [9.17, 15) is 15.0 Å². The predicted octanol–water partition coefficient (Wildman–Crippen LogP) is 7.59. The molecular weight excluding hydrogens is 486 g/mol. The molecule has 0 aliphatic carbocycles. The zero-order chi connectivity index (χ0) is 27.8. The van der Waals surface area contributed by atoms with Gasteiger partial charge in [-0.15, -0.1) is 0 Å². The Hall–Kier alpha value is -3.77. The number of hydrogen-bond donors (Lipinski definition) is 5. The van der Waals surface area contributed by atoms with Crippen LogP contribution < -0.4 is 16.0 Å². The fourth-order valence-corrected chi connectivity index (χ4v) is 6.02. The first-order valence-electron chi connectivity index (χ1n) is 14.1. The van der Waals surface area contributed by atoms with Gasteiger partial charge in [-0.3, -0.25) is 4.79 Å². The predicted molar refractivity (Wildman–Crippen MR) is 165 cm³/mol. The van der Waals surface area contributed by atoms with Crippen LogP contribution in [0.3, 0.4) is 0 Å². The molecule has 1 amide bonds. The van der Waals surface area contributed by atoms with Crippen molar-refractivity contribution in [2.24, 2.45) is 0 Å². The number of carbonyl (C=O) groups excluding carboxylic acids is 1. The number of amides is 1. The molecular formula is C33H39N3O3. The standard InChI is InChI=1S/C33H39N3O3/c1-6-8-14-35-24-16-23(33(39)34-5)28-20(19(4)37)12-13-22-30-25(36-15-9-7-2)17-26(38)27-18(3)10-11-21(31(27)30)29(24)32(22)28/h10-13,16-17,19,35-38H,6-9,14-15H2,1-5H3,(H,34,39). The molecule has 0 spiro atoms. The number of unbranched alkanes of at least 4 members (excludes halogenated alkanes) is 2. The number of aliphatic hydroxyl groups is 1. The number of nitrogens with one attached hydrogen (secondary N) is 3. The average Bonchev–Trinajstić information content (AvgIpc) is 2.92. The van der Waals surface area contributed by atoms with E-state index in [1.54, 1.807) is 14.0 Å². The van der Waals surface area contributed by atoms with Crippen molar-refractivity contribution in [1.29, 1.82) is 0 Å². The fraction of sp³-hybridized carbons (Fsp3) is 0.364. The second-order valence-corrected chi connectivity index (χ2v) is 10.6. The number of hydrogen-bond acceptors (Lipinski definition) is 5. The van der Waals surface area contributed by atoms with Crippen LogP contribution in [-0.2, 0) is 0 Å². The van der Waals surface area contributed by atoms with E-state index < -0.39 is 6.10 Å². The molecule has 0 aromatic heterocycles. The van der Waals surface area contributed by atoms with Crippen LogP contribution >= 0.6 is 0 Å². The first-order chi connectivity index (χ1) is 18.8. The van der Waals surface area contributed by atoms with Crippen LogP contribution in [0, 0.1) is 6.92 Å². The van der Waals surface area contributed by atoms with Gasteiger partial charge in [0.25, 0.3) is 5.91 Å². The monoisotopic (exact) mass is 525 g/mol. The maximum absolute atomic E-state index is 13.3. The maximum atomic E-state index is 13.3. The Morgan fingerprint density at radius 1 is 0.821 bits per heavy atom. The molecule has 5 aromatic rings. The minimum atomic E-state index is -0.754.